The van der Waals surface area contributed by atoms with E-state index in [9.17, 15) is 19.2 Å². The number of piperazine rings is 1. The predicted molar refractivity (Wildman–Crippen MR) is 103 cm³/mol. The molecule has 2 aliphatic rings. The van der Waals surface area contributed by atoms with Crippen LogP contribution in [0, 0.1) is 11.8 Å². The molecule has 2 atom stereocenters. The van der Waals surface area contributed by atoms with E-state index in [0.717, 1.165) is 19.3 Å². The van der Waals surface area contributed by atoms with Crippen molar-refractivity contribution in [2.75, 3.05) is 32.8 Å². The maximum atomic E-state index is 13.0. The van der Waals surface area contributed by atoms with Gasteiger partial charge in [0, 0.05) is 38.5 Å². The fourth-order valence-electron chi connectivity index (χ4n) is 3.31. The lowest BCUT2D eigenvalue weighted by Gasteiger charge is -2.37. The molecule has 1 aliphatic heterocycles. The van der Waals surface area contributed by atoms with Gasteiger partial charge in [0.2, 0.25) is 17.7 Å². The Morgan fingerprint density at radius 2 is 1.61 bits per heavy atom. The van der Waals surface area contributed by atoms with Crippen LogP contribution >= 0.6 is 0 Å². The molecule has 0 spiro atoms. The highest BCUT2D eigenvalue weighted by atomic mass is 16.5. The first-order chi connectivity index (χ1) is 13.4. The summed E-state index contributed by atoms with van der Waals surface area (Å²) in [6.45, 7) is 7.97. The number of nitrogens with one attached hydrogen (secondary N) is 1. The first kappa shape index (κ1) is 22.2. The van der Waals surface area contributed by atoms with Gasteiger partial charge < -0.3 is 19.9 Å². The summed E-state index contributed by atoms with van der Waals surface area (Å²) in [5.74, 6) is -0.482. The van der Waals surface area contributed by atoms with Gasteiger partial charge in [-0.05, 0) is 25.7 Å². The molecule has 2 rings (SSSR count). The summed E-state index contributed by atoms with van der Waals surface area (Å²) in [7, 11) is 0. The highest BCUT2D eigenvalue weighted by Crippen LogP contribution is 2.31. The molecule has 158 valence electrons. The van der Waals surface area contributed by atoms with Crippen LogP contribution in [0.4, 0.5) is 0 Å². The number of hydrogen-bond donors (Lipinski definition) is 1. The summed E-state index contributed by atoms with van der Waals surface area (Å²) in [5.41, 5.74) is 0. The zero-order chi connectivity index (χ0) is 20.7. The third kappa shape index (κ3) is 6.21. The van der Waals surface area contributed by atoms with Gasteiger partial charge in [-0.2, -0.15) is 0 Å². The SMILES string of the molecule is CCOC(=O)CCC(=O)NC(C(=O)N1CCN(C(=O)C2CC2)CC1)C(C)CC. The summed E-state index contributed by atoms with van der Waals surface area (Å²) in [6, 6.07) is -0.620. The second kappa shape index (κ2) is 10.4. The number of ether oxygens (including phenoxy) is 1. The molecule has 0 aromatic carbocycles. The average molecular weight is 396 g/mol. The second-order valence-electron chi connectivity index (χ2n) is 7.66. The fourth-order valence-corrected chi connectivity index (χ4v) is 3.31. The number of amides is 3. The lowest BCUT2D eigenvalue weighted by Crippen LogP contribution is -2.57. The third-order valence-electron chi connectivity index (χ3n) is 5.49. The Balaban J connectivity index is 1.87. The van der Waals surface area contributed by atoms with Gasteiger partial charge in [0.25, 0.3) is 0 Å². The van der Waals surface area contributed by atoms with E-state index in [1.54, 1.807) is 11.8 Å². The summed E-state index contributed by atoms with van der Waals surface area (Å²) in [4.78, 5) is 52.4. The van der Waals surface area contributed by atoms with Crippen LogP contribution in [-0.4, -0.2) is 72.3 Å². The predicted octanol–water partition coefficient (Wildman–Crippen LogP) is 0.941. The van der Waals surface area contributed by atoms with E-state index in [0.29, 0.717) is 26.2 Å². The summed E-state index contributed by atoms with van der Waals surface area (Å²) in [6.07, 6.45) is 2.71. The fraction of sp³-hybridized carbons (Fsp3) is 0.800. The Bertz CT molecular complexity index is 582. The molecule has 8 nitrogen and oxygen atoms in total. The number of rotatable bonds is 9. The summed E-state index contributed by atoms with van der Waals surface area (Å²) >= 11 is 0. The highest BCUT2D eigenvalue weighted by molar-refractivity contribution is 5.89. The molecule has 8 heteroatoms. The molecule has 3 amide bonds. The van der Waals surface area contributed by atoms with Crippen molar-refractivity contribution in [3.05, 3.63) is 0 Å². The Morgan fingerprint density at radius 3 is 2.14 bits per heavy atom. The van der Waals surface area contributed by atoms with Crippen molar-refractivity contribution in [1.82, 2.24) is 15.1 Å². The van der Waals surface area contributed by atoms with E-state index < -0.39 is 12.0 Å². The first-order valence-corrected chi connectivity index (χ1v) is 10.4. The summed E-state index contributed by atoms with van der Waals surface area (Å²) in [5, 5.41) is 2.81. The van der Waals surface area contributed by atoms with Crippen molar-refractivity contribution in [3.63, 3.8) is 0 Å². The van der Waals surface area contributed by atoms with Crippen LogP contribution in [0.15, 0.2) is 0 Å². The molecule has 1 heterocycles. The number of nitrogens with zero attached hydrogens (tertiary/aromatic N) is 2. The molecule has 0 bridgehead atoms. The van der Waals surface area contributed by atoms with Gasteiger partial charge >= 0.3 is 5.97 Å². The Hall–Kier alpha value is -2.12. The van der Waals surface area contributed by atoms with E-state index >= 15 is 0 Å². The lowest BCUT2D eigenvalue weighted by molar-refractivity contribution is -0.145. The Morgan fingerprint density at radius 1 is 1.00 bits per heavy atom. The van der Waals surface area contributed by atoms with Crippen LogP contribution in [0.25, 0.3) is 0 Å². The van der Waals surface area contributed by atoms with Crippen LogP contribution in [0.1, 0.15) is 52.9 Å². The highest BCUT2D eigenvalue weighted by Gasteiger charge is 2.37. The number of esters is 1. The van der Waals surface area contributed by atoms with Crippen molar-refractivity contribution in [3.8, 4) is 0 Å². The van der Waals surface area contributed by atoms with E-state index in [-0.39, 0.29) is 49.0 Å². The molecule has 0 radical (unpaired) electrons. The number of hydrogen-bond acceptors (Lipinski definition) is 5. The van der Waals surface area contributed by atoms with E-state index in [4.69, 9.17) is 4.74 Å². The second-order valence-corrected chi connectivity index (χ2v) is 7.66. The molecule has 0 aromatic heterocycles. The van der Waals surface area contributed by atoms with E-state index in [1.807, 2.05) is 18.7 Å². The summed E-state index contributed by atoms with van der Waals surface area (Å²) < 4.78 is 4.83. The first-order valence-electron chi connectivity index (χ1n) is 10.4. The standard InChI is InChI=1S/C20H33N3O5/c1-4-14(3)18(21-16(24)8-9-17(25)28-5-2)20(27)23-12-10-22(11-13-23)19(26)15-6-7-15/h14-15,18H,4-13H2,1-3H3,(H,21,24). The van der Waals surface area contributed by atoms with Crippen molar-refractivity contribution in [2.45, 2.75) is 58.9 Å². The molecule has 2 fully saturated rings. The van der Waals surface area contributed by atoms with Crippen LogP contribution in [0.2, 0.25) is 0 Å². The van der Waals surface area contributed by atoms with Crippen LogP contribution in [0.5, 0.6) is 0 Å². The monoisotopic (exact) mass is 395 g/mol. The molecule has 2 unspecified atom stereocenters. The molecule has 1 aliphatic carbocycles. The van der Waals surface area contributed by atoms with Gasteiger partial charge in [0.05, 0.1) is 13.0 Å². The van der Waals surface area contributed by atoms with Crippen LogP contribution < -0.4 is 5.32 Å². The molecule has 28 heavy (non-hydrogen) atoms. The number of carbonyl (C=O) groups is 4. The van der Waals surface area contributed by atoms with Gasteiger partial charge in [-0.15, -0.1) is 0 Å². The van der Waals surface area contributed by atoms with E-state index in [2.05, 4.69) is 5.32 Å². The molecule has 1 saturated heterocycles. The van der Waals surface area contributed by atoms with Gasteiger partial charge in [-0.3, -0.25) is 19.2 Å². The number of carbonyl (C=O) groups excluding carboxylic acids is 4. The van der Waals surface area contributed by atoms with Crippen molar-refractivity contribution >= 4 is 23.7 Å². The Kier molecular flexibility index (Phi) is 8.26. The van der Waals surface area contributed by atoms with E-state index in [1.165, 1.54) is 0 Å². The quantitative estimate of drug-likeness (QED) is 0.586. The third-order valence-corrected chi connectivity index (χ3v) is 5.49. The molecular weight excluding hydrogens is 362 g/mol. The molecule has 0 aromatic rings. The van der Waals surface area contributed by atoms with Gasteiger partial charge in [-0.25, -0.2) is 0 Å². The topological polar surface area (TPSA) is 96.0 Å². The van der Waals surface area contributed by atoms with Crippen molar-refractivity contribution in [2.24, 2.45) is 11.8 Å². The normalized spacial score (nSPS) is 19.0. The molecular formula is C20H33N3O5. The maximum Gasteiger partial charge on any atom is 0.306 e. The minimum atomic E-state index is -0.620. The van der Waals surface area contributed by atoms with Gasteiger partial charge in [-0.1, -0.05) is 20.3 Å². The van der Waals surface area contributed by atoms with Crippen LogP contribution in [-0.2, 0) is 23.9 Å². The minimum Gasteiger partial charge on any atom is -0.466 e. The average Bonchev–Trinajstić information content (AvgIpc) is 3.54. The molecule has 1 N–H and O–H groups in total. The van der Waals surface area contributed by atoms with Gasteiger partial charge in [0.1, 0.15) is 6.04 Å². The zero-order valence-corrected chi connectivity index (χ0v) is 17.2. The zero-order valence-electron chi connectivity index (χ0n) is 17.2. The maximum absolute atomic E-state index is 13.0. The molecule has 1 saturated carbocycles. The largest absolute Gasteiger partial charge is 0.466 e. The Labute approximate surface area is 166 Å². The smallest absolute Gasteiger partial charge is 0.306 e. The van der Waals surface area contributed by atoms with Crippen LogP contribution in [0.3, 0.4) is 0 Å². The van der Waals surface area contributed by atoms with Gasteiger partial charge in [0.15, 0.2) is 0 Å². The minimum absolute atomic E-state index is 0.00269. The van der Waals surface area contributed by atoms with Crippen molar-refractivity contribution in [1.29, 1.82) is 0 Å². The van der Waals surface area contributed by atoms with Crippen molar-refractivity contribution < 1.29 is 23.9 Å². The lowest BCUT2D eigenvalue weighted by atomic mass is 9.97.